The predicted molar refractivity (Wildman–Crippen MR) is 61.0 cm³/mol. The van der Waals surface area contributed by atoms with Crippen LogP contribution >= 0.6 is 11.3 Å². The van der Waals surface area contributed by atoms with Gasteiger partial charge in [0.2, 0.25) is 0 Å². The van der Waals surface area contributed by atoms with E-state index in [0.29, 0.717) is 5.69 Å². The number of nitrogens with one attached hydrogen (secondary N) is 1. The normalized spacial score (nSPS) is 10.1. The van der Waals surface area contributed by atoms with Crippen LogP contribution in [0, 0.1) is 6.92 Å². The SMILES string of the molecule is Cc1cscc1Nc1ccncc1N. The molecule has 14 heavy (non-hydrogen) atoms. The fraction of sp³-hybridized carbons (Fsp3) is 0.100. The number of hydrogen-bond donors (Lipinski definition) is 2. The third-order valence-corrected chi connectivity index (χ3v) is 2.84. The Hall–Kier alpha value is -1.55. The molecular weight excluding hydrogens is 194 g/mol. The molecule has 2 heterocycles. The van der Waals surface area contributed by atoms with E-state index < -0.39 is 0 Å². The van der Waals surface area contributed by atoms with Crippen LogP contribution in [-0.2, 0) is 0 Å². The largest absolute Gasteiger partial charge is 0.396 e. The molecule has 2 rings (SSSR count). The van der Waals surface area contributed by atoms with Crippen LogP contribution in [0.2, 0.25) is 0 Å². The van der Waals surface area contributed by atoms with E-state index in [4.69, 9.17) is 5.73 Å². The quantitative estimate of drug-likeness (QED) is 0.792. The Balaban J connectivity index is 2.28. The van der Waals surface area contributed by atoms with Gasteiger partial charge in [-0.3, -0.25) is 4.98 Å². The maximum absolute atomic E-state index is 5.77. The van der Waals surface area contributed by atoms with Gasteiger partial charge in [0.05, 0.1) is 23.3 Å². The number of anilines is 3. The molecule has 3 N–H and O–H groups in total. The van der Waals surface area contributed by atoms with Gasteiger partial charge in [-0.15, -0.1) is 11.3 Å². The Morgan fingerprint density at radius 1 is 1.36 bits per heavy atom. The van der Waals surface area contributed by atoms with Crippen LogP contribution in [0.5, 0.6) is 0 Å². The van der Waals surface area contributed by atoms with E-state index in [-0.39, 0.29) is 0 Å². The fourth-order valence-electron chi connectivity index (χ4n) is 1.15. The third kappa shape index (κ3) is 1.70. The van der Waals surface area contributed by atoms with Crippen LogP contribution < -0.4 is 11.1 Å². The maximum atomic E-state index is 5.77. The highest BCUT2D eigenvalue weighted by Crippen LogP contribution is 2.26. The smallest absolute Gasteiger partial charge is 0.0739 e. The molecule has 0 aliphatic rings. The lowest BCUT2D eigenvalue weighted by Crippen LogP contribution is -1.96. The molecule has 0 radical (unpaired) electrons. The molecular formula is C10H11N3S. The van der Waals surface area contributed by atoms with Gasteiger partial charge in [0, 0.05) is 11.6 Å². The van der Waals surface area contributed by atoms with Crippen molar-refractivity contribution in [3.05, 3.63) is 34.8 Å². The summed E-state index contributed by atoms with van der Waals surface area (Å²) in [7, 11) is 0. The number of nitrogen functional groups attached to an aromatic ring is 1. The van der Waals surface area contributed by atoms with Gasteiger partial charge in [-0.2, -0.15) is 0 Å². The van der Waals surface area contributed by atoms with Gasteiger partial charge in [-0.1, -0.05) is 0 Å². The fourth-order valence-corrected chi connectivity index (χ4v) is 1.93. The van der Waals surface area contributed by atoms with Crippen molar-refractivity contribution in [3.8, 4) is 0 Å². The number of aryl methyl sites for hydroxylation is 1. The van der Waals surface area contributed by atoms with E-state index in [2.05, 4.69) is 28.0 Å². The van der Waals surface area contributed by atoms with Crippen LogP contribution in [0.1, 0.15) is 5.56 Å². The molecule has 0 amide bonds. The summed E-state index contributed by atoms with van der Waals surface area (Å²) in [5.41, 5.74) is 9.67. The van der Waals surface area contributed by atoms with Crippen molar-refractivity contribution in [2.24, 2.45) is 0 Å². The van der Waals surface area contributed by atoms with E-state index in [1.165, 1.54) is 5.56 Å². The Morgan fingerprint density at radius 3 is 2.86 bits per heavy atom. The summed E-state index contributed by atoms with van der Waals surface area (Å²) in [5.74, 6) is 0. The first-order chi connectivity index (χ1) is 6.77. The second-order valence-corrected chi connectivity index (χ2v) is 3.80. The average molecular weight is 205 g/mol. The van der Waals surface area contributed by atoms with Crippen molar-refractivity contribution in [1.29, 1.82) is 0 Å². The van der Waals surface area contributed by atoms with E-state index >= 15 is 0 Å². The lowest BCUT2D eigenvalue weighted by atomic mass is 10.3. The Morgan fingerprint density at radius 2 is 2.21 bits per heavy atom. The summed E-state index contributed by atoms with van der Waals surface area (Å²) in [6, 6.07) is 1.87. The number of rotatable bonds is 2. The number of pyridine rings is 1. The monoisotopic (exact) mass is 205 g/mol. The molecule has 72 valence electrons. The Bertz CT molecular complexity index is 436. The summed E-state index contributed by atoms with van der Waals surface area (Å²) < 4.78 is 0. The highest BCUT2D eigenvalue weighted by atomic mass is 32.1. The van der Waals surface area contributed by atoms with E-state index in [0.717, 1.165) is 11.4 Å². The molecule has 0 atom stereocenters. The third-order valence-electron chi connectivity index (χ3n) is 1.98. The molecule has 0 aliphatic carbocycles. The van der Waals surface area contributed by atoms with Crippen LogP contribution in [0.25, 0.3) is 0 Å². The summed E-state index contributed by atoms with van der Waals surface area (Å²) in [6.07, 6.45) is 3.37. The van der Waals surface area contributed by atoms with Crippen molar-refractivity contribution in [3.63, 3.8) is 0 Å². The number of nitrogens with two attached hydrogens (primary N) is 1. The minimum Gasteiger partial charge on any atom is -0.396 e. The summed E-state index contributed by atoms with van der Waals surface area (Å²) >= 11 is 1.67. The van der Waals surface area contributed by atoms with Crippen molar-refractivity contribution in [2.75, 3.05) is 11.1 Å². The molecule has 4 heteroatoms. The van der Waals surface area contributed by atoms with Gasteiger partial charge in [-0.05, 0) is 23.9 Å². The van der Waals surface area contributed by atoms with Crippen LogP contribution in [0.15, 0.2) is 29.2 Å². The standard InChI is InChI=1S/C10H11N3S/c1-7-5-14-6-10(7)13-9-2-3-12-4-8(9)11/h2-6H,11H2,1H3,(H,12,13). The molecule has 2 aromatic heterocycles. The number of aromatic nitrogens is 1. The Labute approximate surface area is 86.6 Å². The molecule has 0 aromatic carbocycles. The van der Waals surface area contributed by atoms with Crippen LogP contribution in [0.4, 0.5) is 17.1 Å². The van der Waals surface area contributed by atoms with Gasteiger partial charge in [0.1, 0.15) is 0 Å². The molecule has 0 aliphatic heterocycles. The second-order valence-electron chi connectivity index (χ2n) is 3.06. The lowest BCUT2D eigenvalue weighted by Gasteiger charge is -2.07. The highest BCUT2D eigenvalue weighted by molar-refractivity contribution is 7.08. The van der Waals surface area contributed by atoms with Crippen molar-refractivity contribution < 1.29 is 0 Å². The minimum atomic E-state index is 0.665. The van der Waals surface area contributed by atoms with Crippen LogP contribution in [-0.4, -0.2) is 4.98 Å². The topological polar surface area (TPSA) is 50.9 Å². The first-order valence-corrected chi connectivity index (χ1v) is 5.21. The van der Waals surface area contributed by atoms with Crippen molar-refractivity contribution >= 4 is 28.4 Å². The zero-order valence-electron chi connectivity index (χ0n) is 7.82. The zero-order valence-corrected chi connectivity index (χ0v) is 8.64. The average Bonchev–Trinajstić information content (AvgIpc) is 2.56. The lowest BCUT2D eigenvalue weighted by molar-refractivity contribution is 1.33. The molecule has 2 aromatic rings. The summed E-state index contributed by atoms with van der Waals surface area (Å²) in [4.78, 5) is 3.93. The zero-order chi connectivity index (χ0) is 9.97. The van der Waals surface area contributed by atoms with Crippen LogP contribution in [0.3, 0.4) is 0 Å². The Kier molecular flexibility index (Phi) is 2.37. The van der Waals surface area contributed by atoms with E-state index in [1.54, 1.807) is 23.7 Å². The van der Waals surface area contributed by atoms with E-state index in [1.807, 2.05) is 6.07 Å². The molecule has 0 saturated heterocycles. The number of nitrogens with zero attached hydrogens (tertiary/aromatic N) is 1. The number of thiophene rings is 1. The maximum Gasteiger partial charge on any atom is 0.0739 e. The first-order valence-electron chi connectivity index (χ1n) is 4.26. The molecule has 0 unspecified atom stereocenters. The predicted octanol–water partition coefficient (Wildman–Crippen LogP) is 2.78. The molecule has 0 bridgehead atoms. The van der Waals surface area contributed by atoms with Crippen molar-refractivity contribution in [1.82, 2.24) is 4.98 Å². The van der Waals surface area contributed by atoms with Gasteiger partial charge in [0.25, 0.3) is 0 Å². The first kappa shape index (κ1) is 9.02. The molecule has 3 nitrogen and oxygen atoms in total. The second kappa shape index (κ2) is 3.67. The molecule has 0 fully saturated rings. The van der Waals surface area contributed by atoms with Crippen molar-refractivity contribution in [2.45, 2.75) is 6.92 Å². The van der Waals surface area contributed by atoms with Gasteiger partial charge < -0.3 is 11.1 Å². The van der Waals surface area contributed by atoms with E-state index in [9.17, 15) is 0 Å². The highest BCUT2D eigenvalue weighted by Gasteiger charge is 2.01. The molecule has 0 spiro atoms. The minimum absolute atomic E-state index is 0.665. The van der Waals surface area contributed by atoms with Gasteiger partial charge in [-0.25, -0.2) is 0 Å². The molecule has 0 saturated carbocycles. The van der Waals surface area contributed by atoms with Gasteiger partial charge in [0.15, 0.2) is 0 Å². The summed E-state index contributed by atoms with van der Waals surface area (Å²) in [6.45, 7) is 2.07. The summed E-state index contributed by atoms with van der Waals surface area (Å²) in [5, 5.41) is 7.43. The number of hydrogen-bond acceptors (Lipinski definition) is 4. The van der Waals surface area contributed by atoms with Gasteiger partial charge >= 0.3 is 0 Å².